The molecule has 20 heavy (non-hydrogen) atoms. The van der Waals surface area contributed by atoms with Gasteiger partial charge < -0.3 is 5.32 Å². The average molecular weight is 285 g/mol. The van der Waals surface area contributed by atoms with Gasteiger partial charge in [-0.3, -0.25) is 4.98 Å². The molecule has 0 saturated heterocycles. The molecule has 0 bridgehead atoms. The first-order valence-electron chi connectivity index (χ1n) is 6.26. The van der Waals surface area contributed by atoms with Crippen LogP contribution in [0.3, 0.4) is 0 Å². The maximum atomic E-state index is 6.08. The first-order chi connectivity index (χ1) is 9.63. The summed E-state index contributed by atoms with van der Waals surface area (Å²) in [5.74, 6) is 1.37. The molecule has 3 aromatic rings. The molecule has 0 aliphatic heterocycles. The van der Waals surface area contributed by atoms with Crippen molar-refractivity contribution in [2.24, 2.45) is 0 Å². The minimum Gasteiger partial charge on any atom is -0.340 e. The van der Waals surface area contributed by atoms with Crippen molar-refractivity contribution < 1.29 is 0 Å². The number of aromatic nitrogens is 3. The van der Waals surface area contributed by atoms with Crippen molar-refractivity contribution >= 4 is 34.0 Å². The van der Waals surface area contributed by atoms with Crippen molar-refractivity contribution in [3.05, 3.63) is 53.1 Å². The Labute approximate surface area is 121 Å². The monoisotopic (exact) mass is 284 g/mol. The summed E-state index contributed by atoms with van der Waals surface area (Å²) in [5.41, 5.74) is 2.75. The number of nitrogens with zero attached hydrogens (tertiary/aromatic N) is 3. The van der Waals surface area contributed by atoms with Gasteiger partial charge in [-0.1, -0.05) is 17.7 Å². The Morgan fingerprint density at radius 3 is 2.80 bits per heavy atom. The zero-order valence-corrected chi connectivity index (χ0v) is 11.9. The molecule has 5 heteroatoms. The predicted molar refractivity (Wildman–Crippen MR) is 81.5 cm³/mol. The Kier molecular flexibility index (Phi) is 3.24. The summed E-state index contributed by atoms with van der Waals surface area (Å²) < 4.78 is 0. The Bertz CT molecular complexity index is 786. The number of anilines is 2. The Morgan fingerprint density at radius 2 is 1.95 bits per heavy atom. The van der Waals surface area contributed by atoms with E-state index >= 15 is 0 Å². The van der Waals surface area contributed by atoms with Gasteiger partial charge in [-0.2, -0.15) is 0 Å². The van der Waals surface area contributed by atoms with Crippen LogP contribution in [0.25, 0.3) is 10.9 Å². The topological polar surface area (TPSA) is 50.7 Å². The lowest BCUT2D eigenvalue weighted by molar-refractivity contribution is 1.04. The first-order valence-corrected chi connectivity index (χ1v) is 6.64. The molecule has 4 nitrogen and oxygen atoms in total. The van der Waals surface area contributed by atoms with Gasteiger partial charge in [0.15, 0.2) is 0 Å². The van der Waals surface area contributed by atoms with Crippen molar-refractivity contribution in [3.8, 4) is 0 Å². The van der Waals surface area contributed by atoms with Gasteiger partial charge in [0.1, 0.15) is 16.8 Å². The minimum absolute atomic E-state index is 0.474. The zero-order valence-electron chi connectivity index (χ0n) is 11.2. The van der Waals surface area contributed by atoms with Crippen LogP contribution >= 0.6 is 11.6 Å². The van der Waals surface area contributed by atoms with E-state index in [9.17, 15) is 0 Å². The van der Waals surface area contributed by atoms with E-state index in [0.717, 1.165) is 28.0 Å². The van der Waals surface area contributed by atoms with E-state index in [2.05, 4.69) is 20.3 Å². The van der Waals surface area contributed by atoms with Gasteiger partial charge in [0.2, 0.25) is 0 Å². The molecular formula is C15H13ClN4. The molecule has 0 aliphatic rings. The molecule has 0 spiro atoms. The second-order valence-electron chi connectivity index (χ2n) is 4.57. The normalized spacial score (nSPS) is 10.8. The van der Waals surface area contributed by atoms with Crippen LogP contribution in [-0.2, 0) is 0 Å². The van der Waals surface area contributed by atoms with E-state index in [1.165, 1.54) is 0 Å². The van der Waals surface area contributed by atoms with E-state index in [1.807, 2.05) is 44.2 Å². The summed E-state index contributed by atoms with van der Waals surface area (Å²) in [5, 5.41) is 4.83. The molecule has 1 N–H and O–H groups in total. The molecule has 2 heterocycles. The molecule has 0 amide bonds. The quantitative estimate of drug-likeness (QED) is 0.722. The molecular weight excluding hydrogens is 272 g/mol. The van der Waals surface area contributed by atoms with E-state index in [4.69, 9.17) is 11.6 Å². The van der Waals surface area contributed by atoms with Crippen LogP contribution in [0.5, 0.6) is 0 Å². The molecule has 0 fully saturated rings. The lowest BCUT2D eigenvalue weighted by Crippen LogP contribution is -2.01. The predicted octanol–water partition coefficient (Wildman–Crippen LogP) is 4.04. The molecule has 0 saturated carbocycles. The highest BCUT2D eigenvalue weighted by Gasteiger charge is 2.08. The maximum Gasteiger partial charge on any atom is 0.138 e. The molecule has 0 radical (unpaired) electrons. The van der Waals surface area contributed by atoms with Crippen molar-refractivity contribution in [1.82, 2.24) is 15.0 Å². The SMILES string of the molecule is Cc1nc(Cl)c(C)c(Nc2ccc3ncccc3c2)n1. The maximum absolute atomic E-state index is 6.08. The van der Waals surface area contributed by atoms with Crippen molar-refractivity contribution in [2.45, 2.75) is 13.8 Å². The van der Waals surface area contributed by atoms with Crippen LogP contribution in [0.1, 0.15) is 11.4 Å². The van der Waals surface area contributed by atoms with Gasteiger partial charge in [-0.05, 0) is 38.1 Å². The summed E-state index contributed by atoms with van der Waals surface area (Å²) in [6.07, 6.45) is 1.78. The number of halogens is 1. The fourth-order valence-electron chi connectivity index (χ4n) is 2.01. The summed E-state index contributed by atoms with van der Waals surface area (Å²) in [6.45, 7) is 3.72. The standard InChI is InChI=1S/C15H13ClN4/c1-9-14(16)18-10(2)19-15(9)20-12-5-6-13-11(8-12)4-3-7-17-13/h3-8H,1-2H3,(H,18,19,20). The second kappa shape index (κ2) is 5.06. The minimum atomic E-state index is 0.474. The smallest absolute Gasteiger partial charge is 0.138 e. The van der Waals surface area contributed by atoms with Gasteiger partial charge in [0, 0.05) is 22.8 Å². The Hall–Kier alpha value is -2.20. The molecule has 1 aromatic carbocycles. The molecule has 0 unspecified atom stereocenters. The third-order valence-electron chi connectivity index (χ3n) is 3.06. The highest BCUT2D eigenvalue weighted by atomic mass is 35.5. The second-order valence-corrected chi connectivity index (χ2v) is 4.93. The van der Waals surface area contributed by atoms with Gasteiger partial charge >= 0.3 is 0 Å². The van der Waals surface area contributed by atoms with Crippen molar-refractivity contribution in [1.29, 1.82) is 0 Å². The number of fused-ring (bicyclic) bond motifs is 1. The van der Waals surface area contributed by atoms with Crippen molar-refractivity contribution in [3.63, 3.8) is 0 Å². The third kappa shape index (κ3) is 2.42. The Balaban J connectivity index is 2.01. The van der Waals surface area contributed by atoms with Gasteiger partial charge in [0.05, 0.1) is 5.52 Å². The summed E-state index contributed by atoms with van der Waals surface area (Å²) in [6, 6.07) is 9.93. The van der Waals surface area contributed by atoms with Crippen molar-refractivity contribution in [2.75, 3.05) is 5.32 Å². The van der Waals surface area contributed by atoms with Crippen LogP contribution in [0.15, 0.2) is 36.5 Å². The van der Waals surface area contributed by atoms with Crippen LogP contribution in [0, 0.1) is 13.8 Å². The van der Waals surface area contributed by atoms with Crippen LogP contribution in [-0.4, -0.2) is 15.0 Å². The van der Waals surface area contributed by atoms with E-state index in [1.54, 1.807) is 6.20 Å². The largest absolute Gasteiger partial charge is 0.340 e. The highest BCUT2D eigenvalue weighted by molar-refractivity contribution is 6.30. The van der Waals surface area contributed by atoms with Gasteiger partial charge in [0.25, 0.3) is 0 Å². The third-order valence-corrected chi connectivity index (χ3v) is 3.43. The fraction of sp³-hybridized carbons (Fsp3) is 0.133. The van der Waals surface area contributed by atoms with Crippen LogP contribution in [0.2, 0.25) is 5.15 Å². The molecule has 3 rings (SSSR count). The summed E-state index contributed by atoms with van der Waals surface area (Å²) >= 11 is 6.08. The molecule has 0 atom stereocenters. The summed E-state index contributed by atoms with van der Waals surface area (Å²) in [7, 11) is 0. The van der Waals surface area contributed by atoms with Crippen LogP contribution < -0.4 is 5.32 Å². The summed E-state index contributed by atoms with van der Waals surface area (Å²) in [4.78, 5) is 12.8. The lowest BCUT2D eigenvalue weighted by Gasteiger charge is -2.10. The number of benzene rings is 1. The fourth-order valence-corrected chi connectivity index (χ4v) is 2.22. The Morgan fingerprint density at radius 1 is 1.10 bits per heavy atom. The molecule has 2 aromatic heterocycles. The molecule has 0 aliphatic carbocycles. The van der Waals surface area contributed by atoms with Gasteiger partial charge in [-0.25, -0.2) is 9.97 Å². The zero-order chi connectivity index (χ0) is 14.1. The van der Waals surface area contributed by atoms with E-state index in [0.29, 0.717) is 11.0 Å². The van der Waals surface area contributed by atoms with Crippen LogP contribution in [0.4, 0.5) is 11.5 Å². The van der Waals surface area contributed by atoms with Gasteiger partial charge in [-0.15, -0.1) is 0 Å². The number of pyridine rings is 1. The average Bonchev–Trinajstić information content (AvgIpc) is 2.44. The lowest BCUT2D eigenvalue weighted by atomic mass is 10.2. The first kappa shape index (κ1) is 12.8. The van der Waals surface area contributed by atoms with E-state index < -0.39 is 0 Å². The number of hydrogen-bond donors (Lipinski definition) is 1. The number of hydrogen-bond acceptors (Lipinski definition) is 4. The number of nitrogens with one attached hydrogen (secondary N) is 1. The molecule has 100 valence electrons. The highest BCUT2D eigenvalue weighted by Crippen LogP contribution is 2.25. The number of aryl methyl sites for hydroxylation is 1. The van der Waals surface area contributed by atoms with E-state index in [-0.39, 0.29) is 0 Å². The number of rotatable bonds is 2.